The van der Waals surface area contributed by atoms with E-state index in [2.05, 4.69) is 18.8 Å². The SMILES string of the molecule is CC(C)CCn1c(SCC(=O)N2CCCCC2)nc2ccccc2c1=O. The second-order valence-electron chi connectivity index (χ2n) is 7.28. The summed E-state index contributed by atoms with van der Waals surface area (Å²) in [6.07, 6.45) is 4.29. The zero-order valence-corrected chi connectivity index (χ0v) is 16.4. The van der Waals surface area contributed by atoms with Crippen LogP contribution in [0.2, 0.25) is 0 Å². The zero-order valence-electron chi connectivity index (χ0n) is 15.6. The number of thioether (sulfide) groups is 1. The number of aromatic nitrogens is 2. The molecule has 1 fully saturated rings. The monoisotopic (exact) mass is 373 g/mol. The lowest BCUT2D eigenvalue weighted by molar-refractivity contribution is -0.129. The summed E-state index contributed by atoms with van der Waals surface area (Å²) in [7, 11) is 0. The van der Waals surface area contributed by atoms with Gasteiger partial charge in [-0.2, -0.15) is 0 Å². The molecule has 140 valence electrons. The van der Waals surface area contributed by atoms with Gasteiger partial charge >= 0.3 is 0 Å². The van der Waals surface area contributed by atoms with Crippen LogP contribution in [0.3, 0.4) is 0 Å². The van der Waals surface area contributed by atoms with Crippen LogP contribution in [-0.2, 0) is 11.3 Å². The molecule has 5 nitrogen and oxygen atoms in total. The lowest BCUT2D eigenvalue weighted by Gasteiger charge is -2.26. The first kappa shape index (κ1) is 19.0. The molecule has 0 spiro atoms. The molecule has 1 aliphatic rings. The van der Waals surface area contributed by atoms with Crippen LogP contribution >= 0.6 is 11.8 Å². The molecular formula is C20H27N3O2S. The van der Waals surface area contributed by atoms with Crippen LogP contribution < -0.4 is 5.56 Å². The minimum Gasteiger partial charge on any atom is -0.342 e. The number of piperidine rings is 1. The summed E-state index contributed by atoms with van der Waals surface area (Å²) >= 11 is 1.39. The van der Waals surface area contributed by atoms with Gasteiger partial charge in [0, 0.05) is 19.6 Å². The van der Waals surface area contributed by atoms with Gasteiger partial charge in [0.15, 0.2) is 5.16 Å². The van der Waals surface area contributed by atoms with Crippen LogP contribution in [0, 0.1) is 5.92 Å². The van der Waals surface area contributed by atoms with Crippen molar-refractivity contribution < 1.29 is 4.79 Å². The number of benzene rings is 1. The maximum Gasteiger partial charge on any atom is 0.262 e. The van der Waals surface area contributed by atoms with E-state index in [0.717, 1.165) is 32.4 Å². The molecule has 0 bridgehead atoms. The normalized spacial score (nSPS) is 15.0. The van der Waals surface area contributed by atoms with Crippen LogP contribution in [0.15, 0.2) is 34.2 Å². The van der Waals surface area contributed by atoms with Gasteiger partial charge in [-0.1, -0.05) is 37.7 Å². The molecule has 0 N–H and O–H groups in total. The molecule has 0 atom stereocenters. The number of likely N-dealkylation sites (tertiary alicyclic amines) is 1. The minimum absolute atomic E-state index is 0.0100. The maximum atomic E-state index is 12.9. The number of para-hydroxylation sites is 1. The largest absolute Gasteiger partial charge is 0.342 e. The number of amides is 1. The molecule has 1 saturated heterocycles. The summed E-state index contributed by atoms with van der Waals surface area (Å²) in [5, 5.41) is 1.29. The van der Waals surface area contributed by atoms with Gasteiger partial charge in [0.25, 0.3) is 5.56 Å². The molecule has 0 radical (unpaired) electrons. The fraction of sp³-hybridized carbons (Fsp3) is 0.550. The van der Waals surface area contributed by atoms with Crippen LogP contribution in [-0.4, -0.2) is 39.2 Å². The third-order valence-electron chi connectivity index (χ3n) is 4.79. The summed E-state index contributed by atoms with van der Waals surface area (Å²) in [5.74, 6) is 0.987. The summed E-state index contributed by atoms with van der Waals surface area (Å²) in [5.41, 5.74) is 0.690. The number of carbonyl (C=O) groups is 1. The van der Waals surface area contributed by atoms with Crippen LogP contribution in [0.4, 0.5) is 0 Å². The highest BCUT2D eigenvalue weighted by atomic mass is 32.2. The Hall–Kier alpha value is -1.82. The first-order valence-electron chi connectivity index (χ1n) is 9.46. The molecule has 0 saturated carbocycles. The van der Waals surface area contributed by atoms with E-state index < -0.39 is 0 Å². The number of carbonyl (C=O) groups excluding carboxylic acids is 1. The molecule has 1 amide bonds. The summed E-state index contributed by atoms with van der Waals surface area (Å²) in [6.45, 7) is 6.63. The van der Waals surface area contributed by atoms with Crippen molar-refractivity contribution in [3.63, 3.8) is 0 Å². The van der Waals surface area contributed by atoms with Crippen LogP contribution in [0.5, 0.6) is 0 Å². The van der Waals surface area contributed by atoms with Gasteiger partial charge in [-0.05, 0) is 43.7 Å². The molecule has 0 unspecified atom stereocenters. The van der Waals surface area contributed by atoms with Gasteiger partial charge in [-0.15, -0.1) is 0 Å². The Morgan fingerprint density at radius 1 is 1.19 bits per heavy atom. The van der Waals surface area contributed by atoms with Gasteiger partial charge in [0.05, 0.1) is 16.7 Å². The highest BCUT2D eigenvalue weighted by molar-refractivity contribution is 7.99. The predicted octanol–water partition coefficient (Wildman–Crippen LogP) is 3.55. The third kappa shape index (κ3) is 4.47. The standard InChI is InChI=1S/C20H27N3O2S/c1-15(2)10-13-23-19(25)16-8-4-5-9-17(16)21-20(23)26-14-18(24)22-11-6-3-7-12-22/h4-5,8-9,15H,3,6-7,10-14H2,1-2H3. The van der Waals surface area contributed by atoms with Crippen molar-refractivity contribution in [3.05, 3.63) is 34.6 Å². The number of hydrogen-bond donors (Lipinski definition) is 0. The van der Waals surface area contributed by atoms with E-state index in [1.807, 2.05) is 29.2 Å². The molecule has 1 aromatic heterocycles. The number of hydrogen-bond acceptors (Lipinski definition) is 4. The quantitative estimate of drug-likeness (QED) is 0.574. The predicted molar refractivity (Wildman–Crippen MR) is 107 cm³/mol. The Kier molecular flexibility index (Phi) is 6.35. The molecule has 1 aromatic carbocycles. The van der Waals surface area contributed by atoms with Gasteiger partial charge in [0.2, 0.25) is 5.91 Å². The Balaban J connectivity index is 1.83. The van der Waals surface area contributed by atoms with E-state index in [1.54, 1.807) is 4.57 Å². The average molecular weight is 374 g/mol. The van der Waals surface area contributed by atoms with Gasteiger partial charge in [0.1, 0.15) is 0 Å². The fourth-order valence-electron chi connectivity index (χ4n) is 3.20. The zero-order chi connectivity index (χ0) is 18.5. The van der Waals surface area contributed by atoms with Crippen molar-refractivity contribution in [2.24, 2.45) is 5.92 Å². The summed E-state index contributed by atoms with van der Waals surface area (Å²) < 4.78 is 1.75. The molecule has 6 heteroatoms. The number of fused-ring (bicyclic) bond motifs is 1. The van der Waals surface area contributed by atoms with Crippen molar-refractivity contribution in [1.82, 2.24) is 14.5 Å². The van der Waals surface area contributed by atoms with E-state index in [1.165, 1.54) is 18.2 Å². The van der Waals surface area contributed by atoms with Crippen molar-refractivity contribution in [1.29, 1.82) is 0 Å². The first-order valence-corrected chi connectivity index (χ1v) is 10.4. The topological polar surface area (TPSA) is 55.2 Å². The second kappa shape index (κ2) is 8.71. The molecule has 1 aliphatic heterocycles. The van der Waals surface area contributed by atoms with Gasteiger partial charge in [-0.25, -0.2) is 4.98 Å². The second-order valence-corrected chi connectivity index (χ2v) is 8.22. The summed E-state index contributed by atoms with van der Waals surface area (Å²) in [4.78, 5) is 32.0. The van der Waals surface area contributed by atoms with E-state index in [-0.39, 0.29) is 11.5 Å². The Bertz CT molecular complexity index is 825. The molecule has 2 aromatic rings. The highest BCUT2D eigenvalue weighted by Gasteiger charge is 2.18. The third-order valence-corrected chi connectivity index (χ3v) is 5.75. The number of rotatable bonds is 6. The van der Waals surface area contributed by atoms with Crippen molar-refractivity contribution in [3.8, 4) is 0 Å². The molecule has 0 aliphatic carbocycles. The average Bonchev–Trinajstić information content (AvgIpc) is 2.66. The Labute approximate surface area is 158 Å². The molecule has 26 heavy (non-hydrogen) atoms. The van der Waals surface area contributed by atoms with E-state index in [4.69, 9.17) is 0 Å². The fourth-order valence-corrected chi connectivity index (χ4v) is 4.13. The van der Waals surface area contributed by atoms with Crippen LogP contribution in [0.25, 0.3) is 10.9 Å². The molecular weight excluding hydrogens is 346 g/mol. The number of nitrogens with zero attached hydrogens (tertiary/aromatic N) is 3. The van der Waals surface area contributed by atoms with Crippen LogP contribution in [0.1, 0.15) is 39.5 Å². The van der Waals surface area contributed by atoms with E-state index in [0.29, 0.717) is 34.3 Å². The first-order chi connectivity index (χ1) is 12.6. The molecule has 2 heterocycles. The van der Waals surface area contributed by atoms with Crippen molar-refractivity contribution >= 4 is 28.6 Å². The molecule has 3 rings (SSSR count). The van der Waals surface area contributed by atoms with E-state index in [9.17, 15) is 9.59 Å². The van der Waals surface area contributed by atoms with Gasteiger partial charge in [-0.3, -0.25) is 14.2 Å². The minimum atomic E-state index is -0.0100. The van der Waals surface area contributed by atoms with Crippen molar-refractivity contribution in [2.75, 3.05) is 18.8 Å². The maximum absolute atomic E-state index is 12.9. The van der Waals surface area contributed by atoms with Crippen molar-refractivity contribution in [2.45, 2.75) is 51.2 Å². The lowest BCUT2D eigenvalue weighted by atomic mass is 10.1. The highest BCUT2D eigenvalue weighted by Crippen LogP contribution is 2.20. The van der Waals surface area contributed by atoms with E-state index >= 15 is 0 Å². The summed E-state index contributed by atoms with van der Waals surface area (Å²) in [6, 6.07) is 7.44. The smallest absolute Gasteiger partial charge is 0.262 e. The van der Waals surface area contributed by atoms with Gasteiger partial charge < -0.3 is 4.90 Å². The lowest BCUT2D eigenvalue weighted by Crippen LogP contribution is -2.37. The Morgan fingerprint density at radius 3 is 2.65 bits per heavy atom. The Morgan fingerprint density at radius 2 is 1.92 bits per heavy atom.